The van der Waals surface area contributed by atoms with E-state index in [0.29, 0.717) is 6.54 Å². The molecule has 0 fully saturated rings. The van der Waals surface area contributed by atoms with Gasteiger partial charge in [-0.15, -0.1) is 0 Å². The summed E-state index contributed by atoms with van der Waals surface area (Å²) in [4.78, 5) is 11.8. The first kappa shape index (κ1) is 13.5. The molecule has 0 saturated carbocycles. The predicted molar refractivity (Wildman–Crippen MR) is 70.6 cm³/mol. The molecular formula is C14H17FN2O2. The van der Waals surface area contributed by atoms with Crippen LogP contribution in [0.4, 0.5) is 4.39 Å². The van der Waals surface area contributed by atoms with Crippen molar-refractivity contribution in [3.05, 3.63) is 41.2 Å². The molecule has 0 saturated heterocycles. The molecule has 1 aromatic rings. The number of aromatic hydroxyl groups is 1. The average Bonchev–Trinajstić information content (AvgIpc) is 2.42. The largest absolute Gasteiger partial charge is 0.507 e. The van der Waals surface area contributed by atoms with E-state index in [0.717, 1.165) is 38.1 Å². The summed E-state index contributed by atoms with van der Waals surface area (Å²) >= 11 is 0. The maximum Gasteiger partial charge on any atom is 0.255 e. The molecule has 1 aliphatic heterocycles. The summed E-state index contributed by atoms with van der Waals surface area (Å²) in [6.45, 7) is 2.32. The Morgan fingerprint density at radius 3 is 3.05 bits per heavy atom. The fraction of sp³-hybridized carbons (Fsp3) is 0.357. The number of carbonyl (C=O) groups is 1. The van der Waals surface area contributed by atoms with Crippen LogP contribution in [-0.2, 0) is 0 Å². The maximum atomic E-state index is 13.0. The van der Waals surface area contributed by atoms with E-state index < -0.39 is 11.7 Å². The lowest BCUT2D eigenvalue weighted by atomic mass is 10.1. The second-order valence-electron chi connectivity index (χ2n) is 4.48. The van der Waals surface area contributed by atoms with Gasteiger partial charge in [0.15, 0.2) is 0 Å². The molecular weight excluding hydrogens is 247 g/mol. The number of benzene rings is 1. The summed E-state index contributed by atoms with van der Waals surface area (Å²) in [6.07, 6.45) is 3.89. The fourth-order valence-corrected chi connectivity index (χ4v) is 2.02. The third kappa shape index (κ3) is 3.79. The first-order valence-corrected chi connectivity index (χ1v) is 6.32. The van der Waals surface area contributed by atoms with Crippen LogP contribution >= 0.6 is 0 Å². The molecule has 2 rings (SSSR count). The van der Waals surface area contributed by atoms with Gasteiger partial charge in [0.05, 0.1) is 5.56 Å². The standard InChI is InChI=1S/C14H17FN2O2/c15-11-1-2-13(18)12(9-11)14(19)17-8-5-10-3-6-16-7-4-10/h1-3,9,16,18H,4-8H2,(H,17,19). The number of hydrogen-bond donors (Lipinski definition) is 3. The molecule has 1 amide bonds. The van der Waals surface area contributed by atoms with Gasteiger partial charge in [-0.2, -0.15) is 0 Å². The van der Waals surface area contributed by atoms with E-state index in [1.54, 1.807) is 0 Å². The van der Waals surface area contributed by atoms with E-state index in [4.69, 9.17) is 0 Å². The van der Waals surface area contributed by atoms with Crippen LogP contribution in [0.1, 0.15) is 23.2 Å². The van der Waals surface area contributed by atoms with E-state index in [1.807, 2.05) is 0 Å². The molecule has 0 unspecified atom stereocenters. The summed E-state index contributed by atoms with van der Waals surface area (Å²) in [5.41, 5.74) is 1.28. The number of phenolic OH excluding ortho intramolecular Hbond substituents is 1. The highest BCUT2D eigenvalue weighted by atomic mass is 19.1. The molecule has 0 aromatic heterocycles. The fourth-order valence-electron chi connectivity index (χ4n) is 2.02. The monoisotopic (exact) mass is 264 g/mol. The normalized spacial score (nSPS) is 14.9. The van der Waals surface area contributed by atoms with E-state index in [2.05, 4.69) is 16.7 Å². The summed E-state index contributed by atoms with van der Waals surface area (Å²) in [5.74, 6) is -1.20. The van der Waals surface area contributed by atoms with Crippen molar-refractivity contribution in [2.24, 2.45) is 0 Å². The molecule has 0 bridgehead atoms. The van der Waals surface area contributed by atoms with Crippen LogP contribution in [-0.4, -0.2) is 30.6 Å². The zero-order valence-corrected chi connectivity index (χ0v) is 10.6. The lowest BCUT2D eigenvalue weighted by molar-refractivity contribution is 0.0951. The molecule has 4 nitrogen and oxygen atoms in total. The van der Waals surface area contributed by atoms with Gasteiger partial charge in [0.2, 0.25) is 0 Å². The number of nitrogens with one attached hydrogen (secondary N) is 2. The second kappa shape index (κ2) is 6.33. The number of halogens is 1. The van der Waals surface area contributed by atoms with Gasteiger partial charge in [0.25, 0.3) is 5.91 Å². The van der Waals surface area contributed by atoms with E-state index >= 15 is 0 Å². The van der Waals surface area contributed by atoms with Crippen molar-refractivity contribution in [1.29, 1.82) is 0 Å². The van der Waals surface area contributed by atoms with Crippen molar-refractivity contribution in [2.45, 2.75) is 12.8 Å². The third-order valence-corrected chi connectivity index (χ3v) is 3.09. The van der Waals surface area contributed by atoms with Gasteiger partial charge in [-0.3, -0.25) is 4.79 Å². The molecule has 1 aromatic carbocycles. The van der Waals surface area contributed by atoms with Gasteiger partial charge in [-0.1, -0.05) is 11.6 Å². The second-order valence-corrected chi connectivity index (χ2v) is 4.48. The van der Waals surface area contributed by atoms with Crippen molar-refractivity contribution < 1.29 is 14.3 Å². The molecule has 19 heavy (non-hydrogen) atoms. The molecule has 0 spiro atoms. The SMILES string of the molecule is O=C(NCCC1=CCNCC1)c1cc(F)ccc1O. The highest BCUT2D eigenvalue weighted by Crippen LogP contribution is 2.17. The van der Waals surface area contributed by atoms with E-state index in [-0.39, 0.29) is 11.3 Å². The van der Waals surface area contributed by atoms with Crippen LogP contribution in [0.2, 0.25) is 0 Å². The average molecular weight is 264 g/mol. The Bertz CT molecular complexity index is 500. The van der Waals surface area contributed by atoms with E-state index in [9.17, 15) is 14.3 Å². The number of carbonyl (C=O) groups excluding carboxylic acids is 1. The molecule has 0 aliphatic carbocycles. The minimum absolute atomic E-state index is 0.0284. The summed E-state index contributed by atoms with van der Waals surface area (Å²) in [6, 6.07) is 3.33. The Labute approximate surface area is 111 Å². The Balaban J connectivity index is 1.87. The number of rotatable bonds is 4. The van der Waals surface area contributed by atoms with Crippen molar-refractivity contribution in [3.63, 3.8) is 0 Å². The number of hydrogen-bond acceptors (Lipinski definition) is 3. The third-order valence-electron chi connectivity index (χ3n) is 3.09. The summed E-state index contributed by atoms with van der Waals surface area (Å²) in [5, 5.41) is 15.4. The van der Waals surface area contributed by atoms with Crippen LogP contribution in [0.15, 0.2) is 29.8 Å². The van der Waals surface area contributed by atoms with Gasteiger partial charge in [0.1, 0.15) is 11.6 Å². The first-order valence-electron chi connectivity index (χ1n) is 6.32. The Morgan fingerprint density at radius 2 is 2.32 bits per heavy atom. The summed E-state index contributed by atoms with van der Waals surface area (Å²) < 4.78 is 13.0. The molecule has 0 radical (unpaired) electrons. The highest BCUT2D eigenvalue weighted by Gasteiger charge is 2.12. The van der Waals surface area contributed by atoms with Crippen molar-refractivity contribution >= 4 is 5.91 Å². The van der Waals surface area contributed by atoms with Gasteiger partial charge in [0, 0.05) is 13.1 Å². The minimum Gasteiger partial charge on any atom is -0.507 e. The van der Waals surface area contributed by atoms with Crippen LogP contribution in [0.5, 0.6) is 5.75 Å². The minimum atomic E-state index is -0.538. The highest BCUT2D eigenvalue weighted by molar-refractivity contribution is 5.96. The van der Waals surface area contributed by atoms with Crippen molar-refractivity contribution in [1.82, 2.24) is 10.6 Å². The Morgan fingerprint density at radius 1 is 1.47 bits per heavy atom. The van der Waals surface area contributed by atoms with Gasteiger partial charge in [-0.25, -0.2) is 4.39 Å². The van der Waals surface area contributed by atoms with Crippen LogP contribution in [0.25, 0.3) is 0 Å². The first-order chi connectivity index (χ1) is 9.16. The Hall–Kier alpha value is -1.88. The zero-order valence-electron chi connectivity index (χ0n) is 10.6. The lowest BCUT2D eigenvalue weighted by Gasteiger charge is -2.14. The topological polar surface area (TPSA) is 61.4 Å². The van der Waals surface area contributed by atoms with Gasteiger partial charge < -0.3 is 15.7 Å². The van der Waals surface area contributed by atoms with E-state index in [1.165, 1.54) is 11.6 Å². The van der Waals surface area contributed by atoms with Crippen molar-refractivity contribution in [3.8, 4) is 5.75 Å². The maximum absolute atomic E-state index is 13.0. The predicted octanol–water partition coefficient (Wildman–Crippen LogP) is 1.57. The smallest absolute Gasteiger partial charge is 0.255 e. The van der Waals surface area contributed by atoms with Gasteiger partial charge >= 0.3 is 0 Å². The molecule has 102 valence electrons. The van der Waals surface area contributed by atoms with Crippen molar-refractivity contribution in [2.75, 3.05) is 19.6 Å². The summed E-state index contributed by atoms with van der Waals surface area (Å²) in [7, 11) is 0. The number of phenols is 1. The number of amides is 1. The lowest BCUT2D eigenvalue weighted by Crippen LogP contribution is -2.26. The molecule has 1 aliphatic rings. The molecule has 5 heteroatoms. The zero-order chi connectivity index (χ0) is 13.7. The molecule has 0 atom stereocenters. The van der Waals surface area contributed by atoms with Crippen LogP contribution in [0, 0.1) is 5.82 Å². The van der Waals surface area contributed by atoms with Crippen LogP contribution in [0.3, 0.4) is 0 Å². The van der Waals surface area contributed by atoms with Gasteiger partial charge in [-0.05, 0) is 37.6 Å². The van der Waals surface area contributed by atoms with Crippen LogP contribution < -0.4 is 10.6 Å². The Kier molecular flexibility index (Phi) is 4.52. The quantitative estimate of drug-likeness (QED) is 0.723. The molecule has 1 heterocycles. The molecule has 3 N–H and O–H groups in total.